The van der Waals surface area contributed by atoms with Crippen LogP contribution in [0.2, 0.25) is 0 Å². The third-order valence-electron chi connectivity index (χ3n) is 4.68. The van der Waals surface area contributed by atoms with E-state index < -0.39 is 0 Å². The molecular weight excluding hydrogens is 267 g/mol. The van der Waals surface area contributed by atoms with Gasteiger partial charge in [0.1, 0.15) is 5.82 Å². The van der Waals surface area contributed by atoms with E-state index in [2.05, 4.69) is 4.90 Å². The lowest BCUT2D eigenvalue weighted by molar-refractivity contribution is -0.128. The number of piperidine rings is 1. The van der Waals surface area contributed by atoms with E-state index in [1.54, 1.807) is 12.1 Å². The van der Waals surface area contributed by atoms with Gasteiger partial charge < -0.3 is 4.90 Å². The van der Waals surface area contributed by atoms with Gasteiger partial charge in [-0.2, -0.15) is 0 Å². The Morgan fingerprint density at radius 3 is 2.81 bits per heavy atom. The molecule has 3 rings (SSSR count). The second-order valence-corrected chi connectivity index (χ2v) is 6.09. The van der Waals surface area contributed by atoms with Gasteiger partial charge in [0, 0.05) is 32.1 Å². The molecule has 0 aromatic heterocycles. The van der Waals surface area contributed by atoms with Gasteiger partial charge in [0.15, 0.2) is 0 Å². The van der Waals surface area contributed by atoms with Crippen LogP contribution in [-0.2, 0) is 4.79 Å². The number of carbonyl (C=O) groups excluding carboxylic acids is 1. The Balaban J connectivity index is 1.65. The fraction of sp³-hybridized carbons (Fsp3) is 0.588. The van der Waals surface area contributed by atoms with Crippen molar-refractivity contribution >= 4 is 5.91 Å². The molecule has 2 saturated heterocycles. The lowest BCUT2D eigenvalue weighted by Gasteiger charge is -2.37. The van der Waals surface area contributed by atoms with Crippen molar-refractivity contribution in [3.05, 3.63) is 35.6 Å². The van der Waals surface area contributed by atoms with Crippen molar-refractivity contribution in [3.63, 3.8) is 0 Å². The molecular formula is C17H23FN2O. The Kier molecular flexibility index (Phi) is 4.54. The number of hydrogen-bond acceptors (Lipinski definition) is 2. The van der Waals surface area contributed by atoms with Gasteiger partial charge >= 0.3 is 0 Å². The quantitative estimate of drug-likeness (QED) is 0.851. The zero-order valence-electron chi connectivity index (χ0n) is 12.4. The maximum Gasteiger partial charge on any atom is 0.222 e. The molecule has 2 aliphatic heterocycles. The summed E-state index contributed by atoms with van der Waals surface area (Å²) in [5.41, 5.74) is 1.07. The van der Waals surface area contributed by atoms with Crippen molar-refractivity contribution in [3.8, 4) is 0 Å². The molecule has 114 valence electrons. The summed E-state index contributed by atoms with van der Waals surface area (Å²) in [7, 11) is 0. The van der Waals surface area contributed by atoms with E-state index in [9.17, 15) is 9.18 Å². The molecule has 2 heterocycles. The number of nitrogens with zero attached hydrogens (tertiary/aromatic N) is 2. The molecule has 1 atom stereocenters. The Morgan fingerprint density at radius 1 is 1.14 bits per heavy atom. The van der Waals surface area contributed by atoms with Crippen LogP contribution in [0.15, 0.2) is 24.3 Å². The summed E-state index contributed by atoms with van der Waals surface area (Å²) >= 11 is 0. The van der Waals surface area contributed by atoms with E-state index in [0.717, 1.165) is 44.6 Å². The molecule has 0 radical (unpaired) electrons. The van der Waals surface area contributed by atoms with Gasteiger partial charge in [-0.3, -0.25) is 9.69 Å². The second kappa shape index (κ2) is 6.56. The third-order valence-corrected chi connectivity index (χ3v) is 4.68. The summed E-state index contributed by atoms with van der Waals surface area (Å²) in [6.45, 7) is 3.65. The van der Waals surface area contributed by atoms with E-state index in [4.69, 9.17) is 0 Å². The zero-order chi connectivity index (χ0) is 14.7. The van der Waals surface area contributed by atoms with Crippen molar-refractivity contribution in [1.82, 2.24) is 9.80 Å². The van der Waals surface area contributed by atoms with Crippen LogP contribution >= 0.6 is 0 Å². The maximum atomic E-state index is 13.5. The fourth-order valence-electron chi connectivity index (χ4n) is 3.54. The second-order valence-electron chi connectivity index (χ2n) is 6.09. The van der Waals surface area contributed by atoms with Crippen molar-refractivity contribution in [1.29, 1.82) is 0 Å². The molecule has 0 spiro atoms. The zero-order valence-corrected chi connectivity index (χ0v) is 12.4. The fourth-order valence-corrected chi connectivity index (χ4v) is 3.54. The smallest absolute Gasteiger partial charge is 0.222 e. The predicted molar refractivity (Wildman–Crippen MR) is 80.4 cm³/mol. The first-order chi connectivity index (χ1) is 10.2. The summed E-state index contributed by atoms with van der Waals surface area (Å²) in [6, 6.07) is 7.27. The number of amides is 1. The Hall–Kier alpha value is -1.42. The molecule has 1 amide bonds. The van der Waals surface area contributed by atoms with Crippen molar-refractivity contribution in [2.45, 2.75) is 38.1 Å². The van der Waals surface area contributed by atoms with Gasteiger partial charge in [0.05, 0.1) is 0 Å². The maximum absolute atomic E-state index is 13.5. The largest absolute Gasteiger partial charge is 0.341 e. The molecule has 1 aromatic carbocycles. The number of halogens is 1. The Morgan fingerprint density at radius 2 is 2.05 bits per heavy atom. The van der Waals surface area contributed by atoms with E-state index in [1.807, 2.05) is 11.0 Å². The Bertz CT molecular complexity index is 505. The highest BCUT2D eigenvalue weighted by atomic mass is 19.1. The van der Waals surface area contributed by atoms with Gasteiger partial charge in [-0.1, -0.05) is 18.6 Å². The first kappa shape index (κ1) is 14.5. The summed E-state index contributed by atoms with van der Waals surface area (Å²) in [5, 5.41) is 0. The van der Waals surface area contributed by atoms with Crippen LogP contribution in [0.5, 0.6) is 0 Å². The average molecular weight is 290 g/mol. The number of likely N-dealkylation sites (tertiary alicyclic amines) is 2. The molecule has 1 aromatic rings. The van der Waals surface area contributed by atoms with E-state index in [-0.39, 0.29) is 11.7 Å². The van der Waals surface area contributed by atoms with Gasteiger partial charge in [-0.05, 0) is 43.5 Å². The molecule has 0 unspecified atom stereocenters. The highest BCUT2D eigenvalue weighted by molar-refractivity contribution is 5.78. The number of rotatable bonds is 4. The van der Waals surface area contributed by atoms with Crippen molar-refractivity contribution < 1.29 is 9.18 Å². The molecule has 0 bridgehead atoms. The molecule has 0 aliphatic carbocycles. The molecule has 0 N–H and O–H groups in total. The average Bonchev–Trinajstić information content (AvgIpc) is 2.91. The molecule has 4 heteroatoms. The van der Waals surface area contributed by atoms with Gasteiger partial charge in [-0.15, -0.1) is 0 Å². The van der Waals surface area contributed by atoms with Crippen LogP contribution < -0.4 is 0 Å². The standard InChI is InChI=1S/C17H23FN2O/c18-15-6-3-5-14(13-15)16-7-1-2-9-19(16)11-12-20-10-4-8-17(20)21/h3,5-6,13,16H,1-2,4,7-12H2/t16-/m0/s1. The number of benzene rings is 1. The van der Waals surface area contributed by atoms with Crippen LogP contribution in [0.25, 0.3) is 0 Å². The first-order valence-electron chi connectivity index (χ1n) is 8.01. The van der Waals surface area contributed by atoms with Gasteiger partial charge in [0.2, 0.25) is 5.91 Å². The lowest BCUT2D eigenvalue weighted by Crippen LogP contribution is -2.40. The molecule has 2 fully saturated rings. The number of hydrogen-bond donors (Lipinski definition) is 0. The summed E-state index contributed by atoms with van der Waals surface area (Å²) in [6.07, 6.45) is 5.16. The topological polar surface area (TPSA) is 23.6 Å². The van der Waals surface area contributed by atoms with Crippen molar-refractivity contribution in [2.24, 2.45) is 0 Å². The summed E-state index contributed by atoms with van der Waals surface area (Å²) < 4.78 is 13.5. The molecule has 0 saturated carbocycles. The van der Waals surface area contributed by atoms with Gasteiger partial charge in [0.25, 0.3) is 0 Å². The molecule has 3 nitrogen and oxygen atoms in total. The minimum atomic E-state index is -0.159. The lowest BCUT2D eigenvalue weighted by atomic mass is 9.95. The summed E-state index contributed by atoms with van der Waals surface area (Å²) in [5.74, 6) is 0.127. The van der Waals surface area contributed by atoms with Crippen LogP contribution in [0.4, 0.5) is 4.39 Å². The van der Waals surface area contributed by atoms with E-state index >= 15 is 0 Å². The van der Waals surface area contributed by atoms with E-state index in [1.165, 1.54) is 18.9 Å². The first-order valence-corrected chi connectivity index (χ1v) is 8.01. The van der Waals surface area contributed by atoms with Crippen LogP contribution in [0, 0.1) is 5.82 Å². The molecule has 2 aliphatic rings. The van der Waals surface area contributed by atoms with Crippen molar-refractivity contribution in [2.75, 3.05) is 26.2 Å². The highest BCUT2D eigenvalue weighted by Crippen LogP contribution is 2.31. The van der Waals surface area contributed by atoms with E-state index in [0.29, 0.717) is 12.5 Å². The summed E-state index contributed by atoms with van der Waals surface area (Å²) in [4.78, 5) is 16.1. The van der Waals surface area contributed by atoms with Crippen LogP contribution in [0.1, 0.15) is 43.7 Å². The predicted octanol–water partition coefficient (Wildman–Crippen LogP) is 2.98. The minimum Gasteiger partial charge on any atom is -0.341 e. The highest BCUT2D eigenvalue weighted by Gasteiger charge is 2.26. The normalized spacial score (nSPS) is 23.8. The van der Waals surface area contributed by atoms with Crippen LogP contribution in [-0.4, -0.2) is 41.9 Å². The minimum absolute atomic E-state index is 0.159. The van der Waals surface area contributed by atoms with Crippen LogP contribution in [0.3, 0.4) is 0 Å². The Labute approximate surface area is 125 Å². The number of carbonyl (C=O) groups is 1. The SMILES string of the molecule is O=C1CCCN1CCN1CCCC[C@H]1c1cccc(F)c1. The third kappa shape index (κ3) is 3.43. The monoisotopic (exact) mass is 290 g/mol. The van der Waals surface area contributed by atoms with Gasteiger partial charge in [-0.25, -0.2) is 4.39 Å². The molecule has 21 heavy (non-hydrogen) atoms.